The van der Waals surface area contributed by atoms with Crippen LogP contribution < -0.4 is 65.1 Å². The summed E-state index contributed by atoms with van der Waals surface area (Å²) in [7, 11) is 0. The monoisotopic (exact) mass is 1330 g/mol. The molecule has 97 heavy (non-hydrogen) atoms. The van der Waals surface area contributed by atoms with E-state index in [1.165, 1.54) is 42.1 Å². The van der Waals surface area contributed by atoms with Crippen molar-refractivity contribution in [1.82, 2.24) is 62.7 Å². The highest BCUT2D eigenvalue weighted by molar-refractivity contribution is 6.01. The van der Waals surface area contributed by atoms with Gasteiger partial charge in [-0.15, -0.1) is 0 Å². The number of H-pyrrole nitrogens is 2. The van der Waals surface area contributed by atoms with Crippen LogP contribution >= 0.6 is 0 Å². The van der Waals surface area contributed by atoms with Crippen molar-refractivity contribution >= 4 is 118 Å². The van der Waals surface area contributed by atoms with E-state index >= 15 is 9.59 Å². The van der Waals surface area contributed by atoms with Crippen molar-refractivity contribution in [2.24, 2.45) is 42.2 Å². The van der Waals surface area contributed by atoms with Crippen LogP contribution in [0.4, 0.5) is 0 Å². The number of amides is 11. The summed E-state index contributed by atoms with van der Waals surface area (Å²) >= 11 is 0. The lowest BCUT2D eigenvalue weighted by molar-refractivity contribution is -0.142. The summed E-state index contributed by atoms with van der Waals surface area (Å²) in [5.41, 5.74) is 19.6. The Kier molecular flexibility index (Phi) is 23.9. The molecule has 0 aliphatic carbocycles. The number of aromatic amines is 2. The van der Waals surface area contributed by atoms with E-state index in [2.05, 4.69) is 82.8 Å². The lowest BCUT2D eigenvalue weighted by atomic mass is 10.0. The average Bonchev–Trinajstić information content (AvgIpc) is 1.80. The average molecular weight is 1340 g/mol. The number of likely N-dealkylation sites (tertiary alicyclic amines) is 1. The van der Waals surface area contributed by atoms with Crippen LogP contribution in [-0.2, 0) is 72.0 Å². The first-order valence-corrected chi connectivity index (χ1v) is 31.6. The van der Waals surface area contributed by atoms with Gasteiger partial charge in [0.2, 0.25) is 65.0 Å². The second kappa shape index (κ2) is 33.1. The van der Waals surface area contributed by atoms with Crippen molar-refractivity contribution in [2.75, 3.05) is 26.2 Å². The number of nitrogens with one attached hydrogen (secondary N) is 11. The summed E-state index contributed by atoms with van der Waals surface area (Å²) in [6.07, 6.45) is 8.53. The number of carbonyl (C=O) groups is 11. The molecule has 0 spiro atoms. The van der Waals surface area contributed by atoms with Gasteiger partial charge in [-0.25, -0.2) is 9.98 Å². The van der Waals surface area contributed by atoms with Crippen LogP contribution in [0.15, 0.2) is 110 Å². The molecule has 9 rings (SSSR count). The van der Waals surface area contributed by atoms with E-state index in [0.29, 0.717) is 44.9 Å². The van der Waals surface area contributed by atoms with Gasteiger partial charge < -0.3 is 90.1 Å². The second-order valence-corrected chi connectivity index (χ2v) is 23.8. The van der Waals surface area contributed by atoms with E-state index < -0.39 is 139 Å². The van der Waals surface area contributed by atoms with E-state index in [1.807, 2.05) is 0 Å². The van der Waals surface area contributed by atoms with Gasteiger partial charge in [-0.1, -0.05) is 48.5 Å². The molecule has 4 aliphatic heterocycles. The fraction of sp³-hybridized carbons (Fsp3) is 0.406. The summed E-state index contributed by atoms with van der Waals surface area (Å²) in [6.45, 7) is -1.45. The molecule has 2 fully saturated rings. The summed E-state index contributed by atoms with van der Waals surface area (Å²) in [5.74, 6) is -9.11. The molecular formula is C64H78N20O13. The molecule has 2 saturated heterocycles. The SMILES string of the molecule is NC(=O)CNC(=O)[C@@H]1CCCN1C(=O)[C@H](Cc1ccc(O)cc1)NC(=O)[C@H](Cc1c[nH]c2ccccc12)NC(=O)[C@@H](CCCN=C(N)N)NC(=O)[C@H](CC1C=NC=N1)NC(=O)[C@H](CO)NC(=O)[C@H](Cc1c[nH]c2ccccc12)NC(=O)[C@H](CC1C=NC=N1)NC(=O)[C@@H]1CCC(=O)N1. The van der Waals surface area contributed by atoms with Crippen molar-refractivity contribution in [3.63, 3.8) is 0 Å². The Morgan fingerprint density at radius 3 is 1.66 bits per heavy atom. The van der Waals surface area contributed by atoms with Crippen LogP contribution in [0.3, 0.4) is 0 Å². The zero-order valence-electron chi connectivity index (χ0n) is 52.7. The third-order valence-corrected chi connectivity index (χ3v) is 16.8. The quantitative estimate of drug-likeness (QED) is 0.0110. The molecule has 4 aliphatic rings. The van der Waals surface area contributed by atoms with Crippen LogP contribution in [0, 0.1) is 0 Å². The number of benzene rings is 3. The third kappa shape index (κ3) is 19.2. The first kappa shape index (κ1) is 69.9. The molecule has 2 aromatic heterocycles. The lowest BCUT2D eigenvalue weighted by Gasteiger charge is -2.30. The fourth-order valence-corrected chi connectivity index (χ4v) is 11.8. The highest BCUT2D eigenvalue weighted by Gasteiger charge is 2.41. The molecule has 0 radical (unpaired) electrons. The molecule has 2 unspecified atom stereocenters. The van der Waals surface area contributed by atoms with Crippen molar-refractivity contribution in [1.29, 1.82) is 0 Å². The van der Waals surface area contributed by atoms with Gasteiger partial charge in [-0.05, 0) is 73.1 Å². The number of hydrogen-bond donors (Lipinski definition) is 16. The van der Waals surface area contributed by atoms with Crippen LogP contribution in [0.1, 0.15) is 68.1 Å². The molecule has 0 saturated carbocycles. The highest BCUT2D eigenvalue weighted by atomic mass is 16.3. The predicted molar refractivity (Wildman–Crippen MR) is 355 cm³/mol. The summed E-state index contributed by atoms with van der Waals surface area (Å²) in [4.78, 5) is 182. The Morgan fingerprint density at radius 1 is 0.608 bits per heavy atom. The number of hydrogen-bond acceptors (Lipinski definition) is 18. The lowest BCUT2D eigenvalue weighted by Crippen LogP contribution is -2.61. The molecule has 5 aromatic rings. The standard InChI is InChI=1S/C64H78N20O13/c65-53(87)30-73-62(96)52-12-6-20-84(52)63(97)50(21-34-13-15-39(86)16-14-34)82-57(91)46(22-35-26-71-42-9-3-1-7-40(35)42)78-55(89)44(11-5-19-70-64(66)67)77-59(93)48(24-37-28-68-32-74-37)81-61(95)51(31-85)83-58(92)47(23-36-27-72-43-10-4-2-8-41(36)43)79-60(94)49(25-38-29-69-33-75-38)80-56(90)45-17-18-54(88)76-45/h1-4,7-10,13-16,26-29,32-33,37-38,44-52,71-72,85-86H,5-6,11-12,17-25,30-31H2,(H2,65,87)(H,73,96)(H,76,88)(H,77,93)(H,78,89)(H,79,94)(H,80,90)(H,81,95)(H,82,91)(H,83,92)(H4,66,67,70)/t37?,38?,44-,45+,46+,47+,48+,49+,50+,51+,52+/m1/s1. The molecule has 6 heterocycles. The zero-order chi connectivity index (χ0) is 69.1. The summed E-state index contributed by atoms with van der Waals surface area (Å²) in [6, 6.07) is 6.13. The molecule has 0 bridgehead atoms. The van der Waals surface area contributed by atoms with E-state index in [0.717, 1.165) is 0 Å². The highest BCUT2D eigenvalue weighted by Crippen LogP contribution is 2.24. The zero-order valence-corrected chi connectivity index (χ0v) is 52.7. The number of nitrogens with two attached hydrogens (primary N) is 3. The van der Waals surface area contributed by atoms with Crippen LogP contribution in [0.5, 0.6) is 5.75 Å². The van der Waals surface area contributed by atoms with Crippen LogP contribution in [0.25, 0.3) is 21.8 Å². The Balaban J connectivity index is 0.964. The largest absolute Gasteiger partial charge is 0.508 e. The van der Waals surface area contributed by atoms with Crippen molar-refractivity contribution in [3.8, 4) is 5.75 Å². The maximum Gasteiger partial charge on any atom is 0.246 e. The van der Waals surface area contributed by atoms with Gasteiger partial charge in [0.1, 0.15) is 72.8 Å². The Labute approximate surface area is 554 Å². The van der Waals surface area contributed by atoms with Crippen LogP contribution in [0.2, 0.25) is 0 Å². The number of aromatic nitrogens is 2. The van der Waals surface area contributed by atoms with E-state index in [1.54, 1.807) is 73.1 Å². The predicted octanol–water partition coefficient (Wildman–Crippen LogP) is -3.56. The number of aliphatic hydroxyl groups is 1. The summed E-state index contributed by atoms with van der Waals surface area (Å²) in [5, 5.41) is 46.2. The minimum absolute atomic E-state index is 0.0350. The number of nitrogens with zero attached hydrogens (tertiary/aromatic N) is 6. The molecule has 11 amide bonds. The third-order valence-electron chi connectivity index (χ3n) is 16.8. The number of para-hydroxylation sites is 2. The van der Waals surface area contributed by atoms with Crippen molar-refractivity contribution in [2.45, 2.75) is 137 Å². The smallest absolute Gasteiger partial charge is 0.246 e. The van der Waals surface area contributed by atoms with Gasteiger partial charge in [0.05, 0.1) is 25.2 Å². The first-order valence-electron chi connectivity index (χ1n) is 31.6. The van der Waals surface area contributed by atoms with Crippen LogP contribution in [-0.4, -0.2) is 214 Å². The number of rotatable bonds is 33. The Morgan fingerprint density at radius 2 is 1.12 bits per heavy atom. The molecule has 33 nitrogen and oxygen atoms in total. The van der Waals surface area contributed by atoms with E-state index in [9.17, 15) is 53.4 Å². The number of primary amides is 1. The molecule has 33 heteroatoms. The van der Waals surface area contributed by atoms with Gasteiger partial charge >= 0.3 is 0 Å². The van der Waals surface area contributed by atoms with Crippen molar-refractivity contribution < 1.29 is 63.0 Å². The van der Waals surface area contributed by atoms with Gasteiger partial charge in [0, 0.05) is 98.2 Å². The number of phenolic OH excluding ortho intramolecular Hbond substituents is 1. The topological polar surface area (TPSA) is 511 Å². The number of guanidine groups is 1. The maximum atomic E-state index is 15.1. The Hall–Kier alpha value is -11.4. The molecule has 11 atom stereocenters. The molecule has 19 N–H and O–H groups in total. The van der Waals surface area contributed by atoms with Gasteiger partial charge in [0.25, 0.3) is 0 Å². The molecular weight excluding hydrogens is 1260 g/mol. The number of fused-ring (bicyclic) bond motifs is 2. The Bertz CT molecular complexity index is 3870. The number of aliphatic hydroxyl groups excluding tert-OH is 1. The second-order valence-electron chi connectivity index (χ2n) is 23.8. The number of aromatic hydroxyl groups is 1. The summed E-state index contributed by atoms with van der Waals surface area (Å²) < 4.78 is 0. The normalized spacial score (nSPS) is 19.0. The van der Waals surface area contributed by atoms with E-state index in [-0.39, 0.29) is 94.9 Å². The first-order chi connectivity index (χ1) is 46.7. The van der Waals surface area contributed by atoms with Crippen molar-refractivity contribution in [3.05, 3.63) is 102 Å². The van der Waals surface area contributed by atoms with Gasteiger partial charge in [-0.2, -0.15) is 0 Å². The number of carbonyl (C=O) groups excluding carboxylic acids is 11. The van der Waals surface area contributed by atoms with E-state index in [4.69, 9.17) is 17.2 Å². The molecule has 3 aromatic carbocycles. The maximum absolute atomic E-state index is 15.1. The minimum Gasteiger partial charge on any atom is -0.508 e. The van der Waals surface area contributed by atoms with Gasteiger partial charge in [-0.3, -0.25) is 67.7 Å². The minimum atomic E-state index is -1.81. The molecule has 512 valence electrons. The fourth-order valence-electron chi connectivity index (χ4n) is 11.8. The number of phenols is 1. The number of aliphatic imine (C=N–C) groups is 5. The van der Waals surface area contributed by atoms with Gasteiger partial charge in [0.15, 0.2) is 5.96 Å².